The first-order valence-corrected chi connectivity index (χ1v) is 6.82. The van der Waals surface area contributed by atoms with Crippen molar-refractivity contribution in [3.8, 4) is 0 Å². The number of rotatable bonds is 0. The molecule has 22 heavy (non-hydrogen) atoms. The second-order valence-electron chi connectivity index (χ2n) is 5.78. The molecule has 3 heteroatoms. The minimum atomic E-state index is 0. The molecule has 0 radical (unpaired) electrons. The van der Waals surface area contributed by atoms with Crippen LogP contribution < -0.4 is 34.0 Å². The summed E-state index contributed by atoms with van der Waals surface area (Å²) in [5.74, 6) is 0. The Morgan fingerprint density at radius 1 is 0.955 bits per heavy atom. The van der Waals surface area contributed by atoms with Gasteiger partial charge < -0.3 is 34.0 Å². The van der Waals surface area contributed by atoms with Crippen LogP contribution in [0, 0.1) is 11.5 Å². The Balaban J connectivity index is 0. The van der Waals surface area contributed by atoms with Crippen molar-refractivity contribution in [2.75, 3.05) is 0 Å². The summed E-state index contributed by atoms with van der Waals surface area (Å²) in [4.78, 5) is 0. The van der Waals surface area contributed by atoms with Gasteiger partial charge in [-0.05, 0) is 0 Å². The van der Waals surface area contributed by atoms with E-state index in [0.717, 1.165) is 0 Å². The zero-order valence-corrected chi connectivity index (χ0v) is 18.5. The Morgan fingerprint density at radius 3 is 1.95 bits per heavy atom. The Kier molecular flexibility index (Phi) is 11.0. The second-order valence-corrected chi connectivity index (χ2v) is 5.78. The van der Waals surface area contributed by atoms with Gasteiger partial charge in [-0.25, -0.2) is 5.57 Å². The van der Waals surface area contributed by atoms with Crippen molar-refractivity contribution in [1.82, 2.24) is 0 Å². The van der Waals surface area contributed by atoms with Crippen molar-refractivity contribution in [1.29, 1.82) is 0 Å². The molecule has 1 aliphatic rings. The second kappa shape index (κ2) is 9.98. The first kappa shape index (κ1) is 24.2. The molecule has 0 heterocycles. The molecular formula is C19H22Br2Ti. The Morgan fingerprint density at radius 2 is 1.55 bits per heavy atom. The molecule has 0 unspecified atom stereocenters. The number of halogens is 2. The van der Waals surface area contributed by atoms with Crippen LogP contribution >= 0.6 is 0 Å². The van der Waals surface area contributed by atoms with Crippen LogP contribution in [0.1, 0.15) is 34.6 Å². The molecule has 1 aliphatic carbocycles. The molecule has 2 aromatic rings. The predicted molar refractivity (Wildman–Crippen MR) is 84.1 cm³/mol. The summed E-state index contributed by atoms with van der Waals surface area (Å²) in [6.45, 7) is 10.9. The average Bonchev–Trinajstić information content (AvgIpc) is 2.90. The van der Waals surface area contributed by atoms with E-state index >= 15 is 0 Å². The van der Waals surface area contributed by atoms with E-state index in [1.165, 1.54) is 27.5 Å². The van der Waals surface area contributed by atoms with Crippen LogP contribution in [0.5, 0.6) is 0 Å². The summed E-state index contributed by atoms with van der Waals surface area (Å²) in [5, 5.41) is 2.66. The van der Waals surface area contributed by atoms with Gasteiger partial charge in [0.2, 0.25) is 0 Å². The van der Waals surface area contributed by atoms with Crippen LogP contribution in [0.15, 0.2) is 59.2 Å². The van der Waals surface area contributed by atoms with Gasteiger partial charge in [0.25, 0.3) is 0 Å². The van der Waals surface area contributed by atoms with Crippen LogP contribution in [-0.4, -0.2) is 0 Å². The largest absolute Gasteiger partial charge is 4.00 e. The third-order valence-electron chi connectivity index (χ3n) is 4.11. The average molecular weight is 458 g/mol. The molecule has 3 rings (SSSR count). The third-order valence-corrected chi connectivity index (χ3v) is 4.11. The zero-order chi connectivity index (χ0) is 14.0. The molecule has 116 valence electrons. The van der Waals surface area contributed by atoms with Gasteiger partial charge in [0.1, 0.15) is 0 Å². The molecule has 0 aromatic heterocycles. The topological polar surface area (TPSA) is 0 Å². The summed E-state index contributed by atoms with van der Waals surface area (Å²) >= 11 is 0. The number of hydrogen-bond donors (Lipinski definition) is 0. The zero-order valence-electron chi connectivity index (χ0n) is 13.8. The quantitative estimate of drug-likeness (QED) is 0.375. The van der Waals surface area contributed by atoms with E-state index < -0.39 is 0 Å². The van der Waals surface area contributed by atoms with Gasteiger partial charge in [0.05, 0.1) is 0 Å². The van der Waals surface area contributed by atoms with Crippen LogP contribution in [0.3, 0.4) is 0 Å². The van der Waals surface area contributed by atoms with Crippen LogP contribution in [0.2, 0.25) is 0 Å². The van der Waals surface area contributed by atoms with Crippen LogP contribution in [0.25, 0.3) is 10.8 Å². The number of fused-ring (bicyclic) bond motifs is 1. The number of benzene rings is 1. The van der Waals surface area contributed by atoms with Crippen molar-refractivity contribution < 1.29 is 55.7 Å². The maximum Gasteiger partial charge on any atom is 4.00 e. The van der Waals surface area contributed by atoms with E-state index in [2.05, 4.69) is 83.2 Å². The van der Waals surface area contributed by atoms with E-state index in [-0.39, 0.29) is 61.1 Å². The van der Waals surface area contributed by atoms with Crippen molar-refractivity contribution in [3.63, 3.8) is 0 Å². The smallest absolute Gasteiger partial charge is 1.00 e. The molecule has 0 spiro atoms. The Hall–Kier alpha value is -0.0157. The Labute approximate surface area is 170 Å². The molecule has 0 bridgehead atoms. The van der Waals surface area contributed by atoms with E-state index in [4.69, 9.17) is 0 Å². The first-order chi connectivity index (χ1) is 8.92. The maximum atomic E-state index is 3.44. The molecule has 0 nitrogen and oxygen atoms in total. The van der Waals surface area contributed by atoms with E-state index in [1.807, 2.05) is 0 Å². The summed E-state index contributed by atoms with van der Waals surface area (Å²) in [7, 11) is 0. The first-order valence-electron chi connectivity index (χ1n) is 6.82. The predicted octanol–water partition coefficient (Wildman–Crippen LogP) is -0.324. The Bertz CT molecular complexity index is 618. The SMILES string of the molecule is CC1=[C-]C(C)(C)C(C)=C1C.[Br-].[Br-].[Ti+4].c1ccc2[cH-]ccc2c1. The van der Waals surface area contributed by atoms with Crippen molar-refractivity contribution in [2.24, 2.45) is 5.41 Å². The summed E-state index contributed by atoms with van der Waals surface area (Å²) in [6.07, 6.45) is 3.44. The van der Waals surface area contributed by atoms with Crippen molar-refractivity contribution in [2.45, 2.75) is 34.6 Å². The maximum absolute atomic E-state index is 3.44. The van der Waals surface area contributed by atoms with Crippen LogP contribution in [-0.2, 0) is 21.7 Å². The minimum Gasteiger partial charge on any atom is -1.00 e. The minimum absolute atomic E-state index is 0. The van der Waals surface area contributed by atoms with Gasteiger partial charge in [-0.2, -0.15) is 28.7 Å². The number of allylic oxidation sites excluding steroid dienone is 4. The molecular weight excluding hydrogens is 436 g/mol. The summed E-state index contributed by atoms with van der Waals surface area (Å²) in [6, 6.07) is 14.7. The molecule has 0 fully saturated rings. The van der Waals surface area contributed by atoms with Crippen molar-refractivity contribution >= 4 is 10.8 Å². The fourth-order valence-electron chi connectivity index (χ4n) is 2.48. The summed E-state index contributed by atoms with van der Waals surface area (Å²) in [5.41, 5.74) is 4.39. The molecule has 0 atom stereocenters. The standard InChI is InChI=1S/C10H15.C9H7.2BrH.Ti/c1-7-6-10(4,5)9(3)8(7)2;1-2-5-9-7-3-6-8(9)4-1;;;/h1-5H3;1-7H;2*1H;/q2*-1;;;+4/p-2. The molecule has 2 aromatic carbocycles. The third kappa shape index (κ3) is 5.56. The molecule has 0 aliphatic heterocycles. The fraction of sp³-hybridized carbons (Fsp3) is 0.316. The molecule has 0 saturated carbocycles. The van der Waals surface area contributed by atoms with E-state index in [1.54, 1.807) is 0 Å². The van der Waals surface area contributed by atoms with E-state index in [0.29, 0.717) is 0 Å². The monoisotopic (exact) mass is 456 g/mol. The van der Waals surface area contributed by atoms with Gasteiger partial charge in [0, 0.05) is 0 Å². The van der Waals surface area contributed by atoms with Crippen LogP contribution in [0.4, 0.5) is 0 Å². The van der Waals surface area contributed by atoms with Gasteiger partial charge in [0.15, 0.2) is 0 Å². The van der Waals surface area contributed by atoms with Gasteiger partial charge in [-0.1, -0.05) is 39.2 Å². The molecule has 0 amide bonds. The number of hydrogen-bond acceptors (Lipinski definition) is 0. The normalized spacial score (nSPS) is 14.9. The van der Waals surface area contributed by atoms with Gasteiger partial charge in [-0.3, -0.25) is 6.08 Å². The molecule has 0 N–H and O–H groups in total. The fourth-order valence-corrected chi connectivity index (χ4v) is 2.48. The van der Waals surface area contributed by atoms with Gasteiger partial charge >= 0.3 is 21.7 Å². The molecule has 0 saturated heterocycles. The van der Waals surface area contributed by atoms with Gasteiger partial charge in [-0.15, -0.1) is 36.6 Å². The summed E-state index contributed by atoms with van der Waals surface area (Å²) < 4.78 is 0. The van der Waals surface area contributed by atoms with Crippen molar-refractivity contribution in [3.05, 3.63) is 65.3 Å². The van der Waals surface area contributed by atoms with E-state index in [9.17, 15) is 0 Å².